The summed E-state index contributed by atoms with van der Waals surface area (Å²) in [6.45, 7) is 7.70. The van der Waals surface area contributed by atoms with Crippen molar-refractivity contribution in [2.75, 3.05) is 0 Å². The highest BCUT2D eigenvalue weighted by Crippen LogP contribution is 2.26. The van der Waals surface area contributed by atoms with Crippen molar-refractivity contribution in [1.82, 2.24) is 0 Å². The van der Waals surface area contributed by atoms with Crippen LogP contribution in [-0.2, 0) is 0 Å². The number of carbonyl (C=O) groups excluding carboxylic acids is 1. The van der Waals surface area contributed by atoms with E-state index in [1.54, 1.807) is 30.3 Å². The van der Waals surface area contributed by atoms with Gasteiger partial charge in [0.2, 0.25) is 0 Å². The summed E-state index contributed by atoms with van der Waals surface area (Å²) < 4.78 is 5.08. The second-order valence-corrected chi connectivity index (χ2v) is 4.60. The van der Waals surface area contributed by atoms with Gasteiger partial charge in [-0.1, -0.05) is 50.3 Å². The average molecular weight is 326 g/mol. The Hall–Kier alpha value is -2.88. The molecule has 4 nitrogen and oxygen atoms in total. The van der Waals surface area contributed by atoms with Crippen molar-refractivity contribution < 1.29 is 14.3 Å². The van der Waals surface area contributed by atoms with E-state index in [-0.39, 0.29) is 16.9 Å². The monoisotopic (exact) mass is 326 g/mol. The Labute approximate surface area is 141 Å². The van der Waals surface area contributed by atoms with Crippen LogP contribution < -0.4 is 5.63 Å². The number of carbonyl (C=O) groups is 1. The number of para-hydroxylation sites is 1. The van der Waals surface area contributed by atoms with Crippen LogP contribution in [-0.4, -0.2) is 10.9 Å². The van der Waals surface area contributed by atoms with Crippen LogP contribution in [0.3, 0.4) is 0 Å². The minimum Gasteiger partial charge on any atom is -0.506 e. The molecule has 0 spiro atoms. The SMILES string of the molecule is CC.C\C=C/C(/C=C/C(=O)c1c(O)c2ccccc2oc1=O)=C\C. The highest BCUT2D eigenvalue weighted by Gasteiger charge is 2.18. The van der Waals surface area contributed by atoms with Crippen molar-refractivity contribution >= 4 is 16.8 Å². The van der Waals surface area contributed by atoms with Crippen molar-refractivity contribution in [2.24, 2.45) is 0 Å². The number of fused-ring (bicyclic) bond motifs is 1. The van der Waals surface area contributed by atoms with Crippen molar-refractivity contribution in [3.05, 3.63) is 76.2 Å². The fourth-order valence-corrected chi connectivity index (χ4v) is 2.05. The summed E-state index contributed by atoms with van der Waals surface area (Å²) in [4.78, 5) is 24.1. The normalized spacial score (nSPS) is 11.8. The molecule has 4 heteroatoms. The van der Waals surface area contributed by atoms with Gasteiger partial charge in [-0.05, 0) is 37.6 Å². The first-order valence-electron chi connectivity index (χ1n) is 7.84. The van der Waals surface area contributed by atoms with Gasteiger partial charge < -0.3 is 9.52 Å². The first-order chi connectivity index (χ1) is 11.6. The minimum absolute atomic E-state index is 0.244. The molecule has 0 radical (unpaired) electrons. The molecular weight excluding hydrogens is 304 g/mol. The summed E-state index contributed by atoms with van der Waals surface area (Å²) in [5.74, 6) is -0.949. The first-order valence-corrected chi connectivity index (χ1v) is 7.84. The lowest BCUT2D eigenvalue weighted by molar-refractivity contribution is 0.104. The molecule has 0 fully saturated rings. The standard InChI is InChI=1S/C18H16O4.C2H6/c1-3-7-12(4-2)10-11-14(19)16-17(20)13-8-5-6-9-15(13)22-18(16)21;1-2/h3-11,20H,1-2H3;1-2H3/b7-3-,11-10+,12-4+;. The summed E-state index contributed by atoms with van der Waals surface area (Å²) >= 11 is 0. The van der Waals surface area contributed by atoms with E-state index in [1.165, 1.54) is 6.08 Å². The molecule has 0 atom stereocenters. The maximum atomic E-state index is 12.2. The zero-order valence-corrected chi connectivity index (χ0v) is 14.4. The van der Waals surface area contributed by atoms with Gasteiger partial charge in [-0.3, -0.25) is 4.79 Å². The molecule has 0 bridgehead atoms. The van der Waals surface area contributed by atoms with E-state index < -0.39 is 11.4 Å². The molecule has 2 rings (SSSR count). The summed E-state index contributed by atoms with van der Waals surface area (Å²) in [6.07, 6.45) is 8.32. The number of benzene rings is 1. The Kier molecular flexibility index (Phi) is 7.43. The number of allylic oxidation sites excluding steroid dienone is 6. The predicted molar refractivity (Wildman–Crippen MR) is 97.5 cm³/mol. The molecule has 1 aromatic heterocycles. The third-order valence-electron chi connectivity index (χ3n) is 3.15. The molecule has 0 aliphatic rings. The first kappa shape index (κ1) is 19.2. The molecular formula is C20H22O4. The van der Waals surface area contributed by atoms with E-state index in [4.69, 9.17) is 4.42 Å². The average Bonchev–Trinajstić information content (AvgIpc) is 2.60. The van der Waals surface area contributed by atoms with Crippen LogP contribution in [0.4, 0.5) is 0 Å². The van der Waals surface area contributed by atoms with Crippen LogP contribution in [0.1, 0.15) is 38.1 Å². The van der Waals surface area contributed by atoms with Crippen molar-refractivity contribution in [3.63, 3.8) is 0 Å². The van der Waals surface area contributed by atoms with Gasteiger partial charge in [-0.15, -0.1) is 0 Å². The van der Waals surface area contributed by atoms with Gasteiger partial charge in [0.1, 0.15) is 16.9 Å². The molecule has 1 aromatic carbocycles. The second-order valence-electron chi connectivity index (χ2n) is 4.60. The van der Waals surface area contributed by atoms with E-state index >= 15 is 0 Å². The zero-order chi connectivity index (χ0) is 18.1. The predicted octanol–water partition coefficient (Wildman–Crippen LogP) is 4.79. The molecule has 0 amide bonds. The molecule has 0 saturated carbocycles. The Bertz CT molecular complexity index is 852. The van der Waals surface area contributed by atoms with Crippen LogP contribution in [0.15, 0.2) is 69.4 Å². The van der Waals surface area contributed by atoms with E-state index in [2.05, 4.69) is 0 Å². The lowest BCUT2D eigenvalue weighted by atomic mass is 10.1. The maximum absolute atomic E-state index is 12.2. The molecule has 0 unspecified atom stereocenters. The zero-order valence-electron chi connectivity index (χ0n) is 14.4. The van der Waals surface area contributed by atoms with Crippen molar-refractivity contribution in [2.45, 2.75) is 27.7 Å². The van der Waals surface area contributed by atoms with Crippen LogP contribution in [0.5, 0.6) is 5.75 Å². The third kappa shape index (κ3) is 4.32. The van der Waals surface area contributed by atoms with Gasteiger partial charge in [0, 0.05) is 0 Å². The minimum atomic E-state index is -0.848. The lowest BCUT2D eigenvalue weighted by Crippen LogP contribution is -2.12. The number of hydrogen-bond donors (Lipinski definition) is 1. The highest BCUT2D eigenvalue weighted by molar-refractivity contribution is 6.09. The Morgan fingerprint density at radius 3 is 2.38 bits per heavy atom. The Balaban J connectivity index is 0.00000139. The molecule has 0 aliphatic carbocycles. The number of rotatable bonds is 4. The van der Waals surface area contributed by atoms with E-state index in [9.17, 15) is 14.7 Å². The van der Waals surface area contributed by atoms with E-state index in [0.717, 1.165) is 5.57 Å². The highest BCUT2D eigenvalue weighted by atomic mass is 16.4. The molecule has 0 saturated heterocycles. The molecule has 126 valence electrons. The summed E-state index contributed by atoms with van der Waals surface area (Å²) in [7, 11) is 0. The lowest BCUT2D eigenvalue weighted by Gasteiger charge is -2.03. The molecule has 24 heavy (non-hydrogen) atoms. The molecule has 0 aliphatic heterocycles. The van der Waals surface area contributed by atoms with Crippen LogP contribution >= 0.6 is 0 Å². The van der Waals surface area contributed by atoms with Crippen LogP contribution in [0.2, 0.25) is 0 Å². The van der Waals surface area contributed by atoms with E-state index in [0.29, 0.717) is 5.39 Å². The van der Waals surface area contributed by atoms with Gasteiger partial charge in [-0.25, -0.2) is 4.79 Å². The quantitative estimate of drug-likeness (QED) is 0.380. The van der Waals surface area contributed by atoms with Crippen LogP contribution in [0, 0.1) is 0 Å². The van der Waals surface area contributed by atoms with Gasteiger partial charge in [0.05, 0.1) is 5.39 Å². The third-order valence-corrected chi connectivity index (χ3v) is 3.15. The number of hydrogen-bond acceptors (Lipinski definition) is 4. The van der Waals surface area contributed by atoms with Crippen molar-refractivity contribution in [1.29, 1.82) is 0 Å². The topological polar surface area (TPSA) is 67.5 Å². The molecule has 1 N–H and O–H groups in total. The molecule has 2 aromatic rings. The van der Waals surface area contributed by atoms with Gasteiger partial charge in [0.15, 0.2) is 5.78 Å². The van der Waals surface area contributed by atoms with Gasteiger partial charge in [-0.2, -0.15) is 0 Å². The maximum Gasteiger partial charge on any atom is 0.351 e. The summed E-state index contributed by atoms with van der Waals surface area (Å²) in [5, 5.41) is 10.5. The van der Waals surface area contributed by atoms with Gasteiger partial charge in [0.25, 0.3) is 0 Å². The Morgan fingerprint density at radius 2 is 1.75 bits per heavy atom. The smallest absolute Gasteiger partial charge is 0.351 e. The number of aromatic hydroxyl groups is 1. The fourth-order valence-electron chi connectivity index (χ4n) is 2.05. The largest absolute Gasteiger partial charge is 0.506 e. The summed E-state index contributed by atoms with van der Waals surface area (Å²) in [5.41, 5.74) is -0.140. The Morgan fingerprint density at radius 1 is 1.08 bits per heavy atom. The van der Waals surface area contributed by atoms with Crippen LogP contribution in [0.25, 0.3) is 11.0 Å². The summed E-state index contributed by atoms with van der Waals surface area (Å²) in [6, 6.07) is 6.52. The number of ketones is 1. The van der Waals surface area contributed by atoms with Crippen molar-refractivity contribution in [3.8, 4) is 5.75 Å². The van der Waals surface area contributed by atoms with E-state index in [1.807, 2.05) is 45.9 Å². The fraction of sp³-hybridized carbons (Fsp3) is 0.200. The second kappa shape index (κ2) is 9.30. The van der Waals surface area contributed by atoms with Gasteiger partial charge >= 0.3 is 5.63 Å². The molecule has 1 heterocycles.